The Kier molecular flexibility index (Phi) is 4.98. The van der Waals surface area contributed by atoms with E-state index in [1.807, 2.05) is 0 Å². The van der Waals surface area contributed by atoms with Crippen LogP contribution >= 0.6 is 0 Å². The third kappa shape index (κ3) is 3.76. The summed E-state index contributed by atoms with van der Waals surface area (Å²) in [6.45, 7) is 0.632. The van der Waals surface area contributed by atoms with Gasteiger partial charge in [-0.15, -0.1) is 0 Å². The average Bonchev–Trinajstić information content (AvgIpc) is 2.39. The second-order valence-corrected chi connectivity index (χ2v) is 3.61. The molecule has 0 fully saturated rings. The van der Waals surface area contributed by atoms with Crippen LogP contribution in [-0.2, 0) is 0 Å². The number of amides is 1. The first-order valence-electron chi connectivity index (χ1n) is 5.43. The largest absolute Gasteiger partial charge is 0.479 e. The zero-order chi connectivity index (χ0) is 14.4. The molecular weight excluding hydrogens is 254 g/mol. The van der Waals surface area contributed by atoms with E-state index in [-0.39, 0.29) is 29.9 Å². The van der Waals surface area contributed by atoms with Gasteiger partial charge in [0.15, 0.2) is 5.69 Å². The van der Waals surface area contributed by atoms with Gasteiger partial charge >= 0.3 is 6.09 Å². The van der Waals surface area contributed by atoms with Crippen LogP contribution < -0.4 is 20.5 Å². The number of nitrogens with two attached hydrogens (primary N) is 1. The number of carboxylic acid groups (broad SMARTS) is 1. The van der Waals surface area contributed by atoms with Crippen molar-refractivity contribution in [1.29, 1.82) is 0 Å². The highest BCUT2D eigenvalue weighted by Crippen LogP contribution is 2.28. The molecule has 0 saturated heterocycles. The summed E-state index contributed by atoms with van der Waals surface area (Å²) < 4.78 is 9.99. The lowest BCUT2D eigenvalue weighted by Gasteiger charge is -2.14. The standard InChI is InChI=1S/C10H17N5O4/c1-15(10(16)17)5-4-12-9-13-7(18-2)6(11)8(14-9)19-3/h4-5,11H2,1-3H3,(H,16,17)(H,12,13,14). The number of anilines is 2. The number of ether oxygens (including phenoxy) is 2. The molecule has 1 heterocycles. The molecule has 9 nitrogen and oxygen atoms in total. The van der Waals surface area contributed by atoms with Crippen LogP contribution in [0.1, 0.15) is 0 Å². The van der Waals surface area contributed by atoms with Gasteiger partial charge in [0.1, 0.15) is 0 Å². The molecule has 1 aromatic rings. The Morgan fingerprint density at radius 1 is 1.37 bits per heavy atom. The fourth-order valence-corrected chi connectivity index (χ4v) is 1.25. The lowest BCUT2D eigenvalue weighted by molar-refractivity contribution is 0.157. The van der Waals surface area contributed by atoms with Gasteiger partial charge in [-0.3, -0.25) is 0 Å². The van der Waals surface area contributed by atoms with E-state index >= 15 is 0 Å². The van der Waals surface area contributed by atoms with Crippen LogP contribution in [-0.4, -0.2) is 60.4 Å². The van der Waals surface area contributed by atoms with E-state index in [0.29, 0.717) is 6.54 Å². The number of hydrogen-bond donors (Lipinski definition) is 3. The maximum atomic E-state index is 10.6. The molecule has 1 amide bonds. The monoisotopic (exact) mass is 271 g/mol. The molecule has 0 unspecified atom stereocenters. The smallest absolute Gasteiger partial charge is 0.407 e. The Hall–Kier alpha value is -2.45. The predicted molar refractivity (Wildman–Crippen MR) is 68.7 cm³/mol. The first kappa shape index (κ1) is 14.6. The lowest BCUT2D eigenvalue weighted by Crippen LogP contribution is -2.30. The molecule has 106 valence electrons. The topological polar surface area (TPSA) is 123 Å². The van der Waals surface area contributed by atoms with E-state index in [1.165, 1.54) is 21.3 Å². The predicted octanol–water partition coefficient (Wildman–Crippen LogP) is 0.0977. The maximum absolute atomic E-state index is 10.6. The summed E-state index contributed by atoms with van der Waals surface area (Å²) in [5.74, 6) is 0.642. The van der Waals surface area contributed by atoms with Gasteiger partial charge in [0.05, 0.1) is 14.2 Å². The van der Waals surface area contributed by atoms with Crippen molar-refractivity contribution in [2.24, 2.45) is 0 Å². The highest BCUT2D eigenvalue weighted by Gasteiger charge is 2.13. The maximum Gasteiger partial charge on any atom is 0.407 e. The first-order valence-corrected chi connectivity index (χ1v) is 5.43. The summed E-state index contributed by atoms with van der Waals surface area (Å²) in [4.78, 5) is 19.8. The van der Waals surface area contributed by atoms with Crippen molar-refractivity contribution >= 4 is 17.7 Å². The van der Waals surface area contributed by atoms with Gasteiger partial charge in [-0.2, -0.15) is 9.97 Å². The van der Waals surface area contributed by atoms with Gasteiger partial charge in [-0.25, -0.2) is 4.79 Å². The molecule has 0 saturated carbocycles. The summed E-state index contributed by atoms with van der Waals surface area (Å²) in [6.07, 6.45) is -1.00. The zero-order valence-corrected chi connectivity index (χ0v) is 11.0. The van der Waals surface area contributed by atoms with Crippen LogP contribution in [0.5, 0.6) is 11.8 Å². The summed E-state index contributed by atoms with van der Waals surface area (Å²) in [5, 5.41) is 11.6. The molecule has 4 N–H and O–H groups in total. The fraction of sp³-hybridized carbons (Fsp3) is 0.500. The van der Waals surface area contributed by atoms with Crippen LogP contribution in [0.3, 0.4) is 0 Å². The van der Waals surface area contributed by atoms with Gasteiger partial charge < -0.3 is 30.5 Å². The Morgan fingerprint density at radius 2 is 1.89 bits per heavy atom. The molecule has 0 bridgehead atoms. The van der Waals surface area contributed by atoms with Gasteiger partial charge in [0.25, 0.3) is 0 Å². The Bertz CT molecular complexity index is 429. The van der Waals surface area contributed by atoms with E-state index in [4.69, 9.17) is 20.3 Å². The molecule has 0 aliphatic heterocycles. The normalized spacial score (nSPS) is 9.84. The van der Waals surface area contributed by atoms with E-state index in [2.05, 4.69) is 15.3 Å². The number of carbonyl (C=O) groups is 1. The molecule has 0 aromatic carbocycles. The molecule has 0 aliphatic carbocycles. The number of methoxy groups -OCH3 is 2. The SMILES string of the molecule is COc1nc(NCCN(C)C(=O)O)nc(OC)c1N. The summed E-state index contributed by atoms with van der Waals surface area (Å²) in [7, 11) is 4.33. The van der Waals surface area contributed by atoms with Crippen LogP contribution in [0.4, 0.5) is 16.4 Å². The van der Waals surface area contributed by atoms with Crippen molar-refractivity contribution in [1.82, 2.24) is 14.9 Å². The number of nitrogens with zero attached hydrogens (tertiary/aromatic N) is 3. The molecule has 9 heteroatoms. The second-order valence-electron chi connectivity index (χ2n) is 3.61. The van der Waals surface area contributed by atoms with Gasteiger partial charge in [0.2, 0.25) is 17.7 Å². The van der Waals surface area contributed by atoms with E-state index in [9.17, 15) is 4.79 Å². The summed E-state index contributed by atoms with van der Waals surface area (Å²) in [5.41, 5.74) is 5.91. The quantitative estimate of drug-likeness (QED) is 0.665. The Labute approximate surface area is 110 Å². The van der Waals surface area contributed by atoms with Crippen molar-refractivity contribution in [3.8, 4) is 11.8 Å². The third-order valence-electron chi connectivity index (χ3n) is 2.32. The molecule has 0 spiro atoms. The van der Waals surface area contributed by atoms with Crippen molar-refractivity contribution in [3.05, 3.63) is 0 Å². The molecule has 0 atom stereocenters. The number of rotatable bonds is 6. The highest BCUT2D eigenvalue weighted by atomic mass is 16.5. The highest BCUT2D eigenvalue weighted by molar-refractivity contribution is 5.64. The Balaban J connectivity index is 2.71. The van der Waals surface area contributed by atoms with Crippen molar-refractivity contribution < 1.29 is 19.4 Å². The van der Waals surface area contributed by atoms with Crippen molar-refractivity contribution in [2.45, 2.75) is 0 Å². The van der Waals surface area contributed by atoms with Gasteiger partial charge in [0, 0.05) is 20.1 Å². The summed E-state index contributed by atoms with van der Waals surface area (Å²) in [6, 6.07) is 0. The number of aromatic nitrogens is 2. The molecule has 0 radical (unpaired) electrons. The minimum Gasteiger partial charge on any atom is -0.479 e. The number of hydrogen-bond acceptors (Lipinski definition) is 7. The minimum atomic E-state index is -1.00. The van der Waals surface area contributed by atoms with Gasteiger partial charge in [-0.1, -0.05) is 0 Å². The number of nitrogen functional groups attached to an aromatic ring is 1. The van der Waals surface area contributed by atoms with Crippen LogP contribution in [0, 0.1) is 0 Å². The van der Waals surface area contributed by atoms with E-state index < -0.39 is 6.09 Å². The number of nitrogens with one attached hydrogen (secondary N) is 1. The van der Waals surface area contributed by atoms with Gasteiger partial charge in [-0.05, 0) is 0 Å². The zero-order valence-electron chi connectivity index (χ0n) is 11.0. The number of likely N-dealkylation sites (N-methyl/N-ethyl adjacent to an activating group) is 1. The summed E-state index contributed by atoms with van der Waals surface area (Å²) >= 11 is 0. The van der Waals surface area contributed by atoms with Crippen LogP contribution in [0.25, 0.3) is 0 Å². The molecule has 1 rings (SSSR count). The Morgan fingerprint density at radius 3 is 2.32 bits per heavy atom. The molecule has 19 heavy (non-hydrogen) atoms. The first-order chi connectivity index (χ1) is 8.99. The second kappa shape index (κ2) is 6.47. The van der Waals surface area contributed by atoms with E-state index in [0.717, 1.165) is 4.90 Å². The molecule has 0 aliphatic rings. The molecular formula is C10H17N5O4. The fourth-order valence-electron chi connectivity index (χ4n) is 1.25. The lowest BCUT2D eigenvalue weighted by atomic mass is 10.5. The average molecular weight is 271 g/mol. The van der Waals surface area contributed by atoms with Crippen molar-refractivity contribution in [3.63, 3.8) is 0 Å². The third-order valence-corrected chi connectivity index (χ3v) is 2.32. The minimum absolute atomic E-state index is 0.195. The molecule has 1 aromatic heterocycles. The van der Waals surface area contributed by atoms with Crippen molar-refractivity contribution in [2.75, 3.05) is 45.4 Å². The van der Waals surface area contributed by atoms with E-state index in [1.54, 1.807) is 0 Å². The van der Waals surface area contributed by atoms with Crippen LogP contribution in [0.2, 0.25) is 0 Å². The van der Waals surface area contributed by atoms with Crippen LogP contribution in [0.15, 0.2) is 0 Å².